The molecule has 3 aromatic carbocycles. The molecule has 1 saturated carbocycles. The van der Waals surface area contributed by atoms with E-state index in [1.807, 2.05) is 61.2 Å². The van der Waals surface area contributed by atoms with Crippen LogP contribution in [0.3, 0.4) is 0 Å². The largest absolute Gasteiger partial charge is 0.339 e. The van der Waals surface area contributed by atoms with Crippen molar-refractivity contribution < 1.29 is 9.18 Å². The zero-order valence-electron chi connectivity index (χ0n) is 27.9. The summed E-state index contributed by atoms with van der Waals surface area (Å²) in [4.78, 5) is 20.4. The molecule has 0 spiro atoms. The number of rotatable bonds is 10. The van der Waals surface area contributed by atoms with E-state index in [9.17, 15) is 9.18 Å². The summed E-state index contributed by atoms with van der Waals surface area (Å²) in [6.45, 7) is 17.2. The Bertz CT molecular complexity index is 1730. The van der Waals surface area contributed by atoms with Crippen LogP contribution in [0.15, 0.2) is 91.5 Å². The molecule has 2 fully saturated rings. The lowest BCUT2D eigenvalue weighted by molar-refractivity contribution is 0.0708. The predicted octanol–water partition coefficient (Wildman–Crippen LogP) is 10.7. The van der Waals surface area contributed by atoms with Gasteiger partial charge in [0.2, 0.25) is 0 Å². The molecule has 0 radical (unpaired) electrons. The van der Waals surface area contributed by atoms with Gasteiger partial charge in [-0.25, -0.2) is 9.37 Å². The van der Waals surface area contributed by atoms with E-state index in [0.29, 0.717) is 18.7 Å². The number of halogens is 1. The maximum atomic E-state index is 14.7. The second-order valence-corrected chi connectivity index (χ2v) is 12.5. The van der Waals surface area contributed by atoms with E-state index >= 15 is 0 Å². The number of likely N-dealkylation sites (tertiary alicyclic amines) is 1. The van der Waals surface area contributed by atoms with Crippen molar-refractivity contribution >= 4 is 28.6 Å². The molecule has 2 heterocycles. The molecular weight excluding hydrogens is 569 g/mol. The predicted molar refractivity (Wildman–Crippen MR) is 191 cm³/mol. The molecule has 0 N–H and O–H groups in total. The van der Waals surface area contributed by atoms with Gasteiger partial charge in [-0.15, -0.1) is 0 Å². The Kier molecular flexibility index (Phi) is 10.7. The number of fused-ring (bicyclic) bond motifs is 1. The van der Waals surface area contributed by atoms with E-state index < -0.39 is 6.30 Å². The van der Waals surface area contributed by atoms with Gasteiger partial charge in [-0.05, 0) is 116 Å². The Morgan fingerprint density at radius 3 is 2.41 bits per heavy atom. The number of para-hydroxylation sites is 2. The summed E-state index contributed by atoms with van der Waals surface area (Å²) < 4.78 is 16.4. The minimum atomic E-state index is -1.16. The Morgan fingerprint density at radius 1 is 1.00 bits per heavy atom. The molecule has 1 atom stereocenters. The second kappa shape index (κ2) is 14.9. The van der Waals surface area contributed by atoms with Gasteiger partial charge < -0.3 is 4.90 Å². The first-order chi connectivity index (χ1) is 22.3. The average Bonchev–Trinajstić information content (AvgIpc) is 3.81. The van der Waals surface area contributed by atoms with Gasteiger partial charge in [-0.1, -0.05) is 81.1 Å². The van der Waals surface area contributed by atoms with Crippen molar-refractivity contribution in [1.82, 2.24) is 14.5 Å². The summed E-state index contributed by atoms with van der Waals surface area (Å²) in [5, 5.41) is 0. The normalized spacial score (nSPS) is 16.1. The highest BCUT2D eigenvalue weighted by Crippen LogP contribution is 2.37. The number of hydrogen-bond donors (Lipinski definition) is 0. The van der Waals surface area contributed by atoms with Gasteiger partial charge in [0.05, 0.1) is 11.0 Å². The number of nitrogens with zero attached hydrogens (tertiary/aromatic N) is 3. The summed E-state index contributed by atoms with van der Waals surface area (Å²) in [5.41, 5.74) is 9.18. The van der Waals surface area contributed by atoms with Gasteiger partial charge in [-0.2, -0.15) is 0 Å². The summed E-state index contributed by atoms with van der Waals surface area (Å²) in [5.74, 6) is 1.76. The summed E-state index contributed by atoms with van der Waals surface area (Å²) >= 11 is 0. The lowest BCUT2D eigenvalue weighted by Crippen LogP contribution is -2.38. The van der Waals surface area contributed by atoms with Crippen LogP contribution < -0.4 is 0 Å². The van der Waals surface area contributed by atoms with Crippen LogP contribution in [0.5, 0.6) is 0 Å². The molecule has 1 aromatic heterocycles. The van der Waals surface area contributed by atoms with Gasteiger partial charge in [0.15, 0.2) is 6.30 Å². The molecule has 1 aliphatic carbocycles. The van der Waals surface area contributed by atoms with Crippen molar-refractivity contribution in [2.24, 2.45) is 5.92 Å². The summed E-state index contributed by atoms with van der Waals surface area (Å²) in [6.07, 6.45) is 9.12. The zero-order valence-corrected chi connectivity index (χ0v) is 27.9. The van der Waals surface area contributed by atoms with Crippen molar-refractivity contribution in [3.05, 3.63) is 125 Å². The van der Waals surface area contributed by atoms with Crippen molar-refractivity contribution in [3.8, 4) is 0 Å². The first-order valence-corrected chi connectivity index (χ1v) is 16.9. The molecule has 6 rings (SSSR count). The van der Waals surface area contributed by atoms with E-state index in [1.165, 1.54) is 18.4 Å². The number of hydrogen-bond acceptors (Lipinski definition) is 2. The molecule has 1 unspecified atom stereocenters. The van der Waals surface area contributed by atoms with Crippen molar-refractivity contribution in [1.29, 1.82) is 0 Å². The maximum Gasteiger partial charge on any atom is 0.253 e. The van der Waals surface area contributed by atoms with Crippen LogP contribution in [0.2, 0.25) is 0 Å². The molecule has 46 heavy (non-hydrogen) atoms. The SMILES string of the molecule is C=Cc1cccc(/C(=C/CC(=C)CC2CC2)c2ccc(C(=O)N3CCC(c4nc5ccccc5n4C(C)F)CC3)cc2C)c1.CC. The Morgan fingerprint density at radius 2 is 1.74 bits per heavy atom. The second-order valence-electron chi connectivity index (χ2n) is 12.5. The van der Waals surface area contributed by atoms with Gasteiger partial charge in [-0.3, -0.25) is 9.36 Å². The van der Waals surface area contributed by atoms with Crippen molar-refractivity contribution in [3.63, 3.8) is 0 Å². The number of imidazole rings is 1. The third-order valence-electron chi connectivity index (χ3n) is 9.19. The summed E-state index contributed by atoms with van der Waals surface area (Å²) in [6, 6.07) is 22.2. The molecule has 1 amide bonds. The van der Waals surface area contributed by atoms with E-state index in [4.69, 9.17) is 4.98 Å². The number of benzene rings is 3. The third-order valence-corrected chi connectivity index (χ3v) is 9.19. The lowest BCUT2D eigenvalue weighted by atomic mass is 9.90. The fraction of sp³-hybridized carbons (Fsp3) is 0.366. The molecule has 240 valence electrons. The first kappa shape index (κ1) is 33.1. The zero-order chi connectivity index (χ0) is 32.8. The Labute approximate surface area is 274 Å². The number of alkyl halides is 1. The standard InChI is InChI=1S/C39H42FN3O.C2H6/c1-5-29-9-8-10-32(25-29)35(17-13-26(2)23-30-14-15-30)34-18-16-33(24-27(34)3)39(44)42-21-19-31(20-22-42)38-41-36-11-6-7-12-37(36)43(38)28(4)40;1-2/h5-12,16-18,24-25,28,30-31H,1-2,13-15,19-23H2,3-4H3;1-2H3/b35-17-;. The van der Waals surface area contributed by atoms with Gasteiger partial charge in [0.1, 0.15) is 5.82 Å². The smallest absolute Gasteiger partial charge is 0.253 e. The molecule has 5 heteroatoms. The topological polar surface area (TPSA) is 38.1 Å². The third kappa shape index (κ3) is 7.41. The molecule has 1 saturated heterocycles. The highest BCUT2D eigenvalue weighted by atomic mass is 19.1. The van der Waals surface area contributed by atoms with Crippen LogP contribution in [0.25, 0.3) is 22.7 Å². The molecular formula is C41H48FN3O. The van der Waals surface area contributed by atoms with Gasteiger partial charge in [0.25, 0.3) is 5.91 Å². The van der Waals surface area contributed by atoms with Crippen LogP contribution in [0.1, 0.15) is 110 Å². The first-order valence-electron chi connectivity index (χ1n) is 16.9. The maximum absolute atomic E-state index is 14.7. The van der Waals surface area contributed by atoms with Crippen LogP contribution in [-0.2, 0) is 0 Å². The number of carbonyl (C=O) groups is 1. The van der Waals surface area contributed by atoms with Crippen molar-refractivity contribution in [2.45, 2.75) is 78.4 Å². The number of piperidine rings is 1. The number of allylic oxidation sites excluding steroid dienone is 2. The fourth-order valence-corrected chi connectivity index (χ4v) is 6.62. The van der Waals surface area contributed by atoms with Crippen LogP contribution in [0, 0.1) is 12.8 Å². The monoisotopic (exact) mass is 617 g/mol. The summed E-state index contributed by atoms with van der Waals surface area (Å²) in [7, 11) is 0. The average molecular weight is 618 g/mol. The quantitative estimate of drug-likeness (QED) is 0.166. The minimum Gasteiger partial charge on any atom is -0.339 e. The number of aromatic nitrogens is 2. The minimum absolute atomic E-state index is 0.0439. The van der Waals surface area contributed by atoms with Crippen LogP contribution >= 0.6 is 0 Å². The van der Waals surface area contributed by atoms with Crippen LogP contribution in [0.4, 0.5) is 4.39 Å². The number of amides is 1. The molecule has 2 aliphatic rings. The highest BCUT2D eigenvalue weighted by molar-refractivity contribution is 5.95. The van der Waals surface area contributed by atoms with Crippen LogP contribution in [-0.4, -0.2) is 33.4 Å². The highest BCUT2D eigenvalue weighted by Gasteiger charge is 2.29. The molecule has 0 bridgehead atoms. The van der Waals surface area contributed by atoms with E-state index in [0.717, 1.165) is 76.3 Å². The molecule has 1 aliphatic heterocycles. The fourth-order valence-electron chi connectivity index (χ4n) is 6.62. The molecule has 4 aromatic rings. The van der Waals surface area contributed by atoms with Crippen molar-refractivity contribution in [2.75, 3.05) is 13.1 Å². The number of carbonyl (C=O) groups excluding carboxylic acids is 1. The van der Waals surface area contributed by atoms with Gasteiger partial charge in [0, 0.05) is 24.6 Å². The van der Waals surface area contributed by atoms with E-state index in [2.05, 4.69) is 56.5 Å². The lowest BCUT2D eigenvalue weighted by Gasteiger charge is -2.32. The van der Waals surface area contributed by atoms with Gasteiger partial charge >= 0.3 is 0 Å². The van der Waals surface area contributed by atoms with E-state index in [1.54, 1.807) is 11.5 Å². The van der Waals surface area contributed by atoms with E-state index in [-0.39, 0.29) is 11.8 Å². The Hall–Kier alpha value is -4.25. The molecule has 4 nitrogen and oxygen atoms in total. The number of aryl methyl sites for hydroxylation is 1. The Balaban J connectivity index is 0.00000204.